The minimum atomic E-state index is -0.759. The first-order valence-electron chi connectivity index (χ1n) is 7.55. The molecule has 9 nitrogen and oxygen atoms in total. The van der Waals surface area contributed by atoms with Gasteiger partial charge in [-0.3, -0.25) is 19.7 Å². The van der Waals surface area contributed by atoms with Crippen molar-refractivity contribution in [2.24, 2.45) is 0 Å². The van der Waals surface area contributed by atoms with Crippen LogP contribution in [-0.2, 0) is 14.3 Å². The van der Waals surface area contributed by atoms with Gasteiger partial charge in [0.25, 0.3) is 11.6 Å². The van der Waals surface area contributed by atoms with E-state index in [2.05, 4.69) is 10.6 Å². The zero-order valence-corrected chi connectivity index (χ0v) is 14.8. The maximum absolute atomic E-state index is 11.9. The molecule has 0 aliphatic heterocycles. The Bertz CT molecular complexity index is 898. The number of ether oxygens (including phenoxy) is 1. The van der Waals surface area contributed by atoms with Crippen LogP contribution in [0.4, 0.5) is 17.1 Å². The van der Waals surface area contributed by atoms with Crippen LogP contribution < -0.4 is 10.6 Å². The van der Waals surface area contributed by atoms with Crippen LogP contribution in [0.25, 0.3) is 0 Å². The Morgan fingerprint density at radius 1 is 1.11 bits per heavy atom. The number of hydrogen-bond donors (Lipinski definition) is 2. The summed E-state index contributed by atoms with van der Waals surface area (Å²) in [5, 5.41) is 16.0. The average molecular weight is 392 g/mol. The number of esters is 1. The number of anilines is 2. The summed E-state index contributed by atoms with van der Waals surface area (Å²) in [5.41, 5.74) is 0.238. The van der Waals surface area contributed by atoms with Gasteiger partial charge >= 0.3 is 5.97 Å². The summed E-state index contributed by atoms with van der Waals surface area (Å²) in [5.74, 6) is -1.76. The summed E-state index contributed by atoms with van der Waals surface area (Å²) in [4.78, 5) is 45.1. The number of amides is 2. The summed E-state index contributed by atoms with van der Waals surface area (Å²) in [6, 6.07) is 9.63. The molecule has 0 unspecified atom stereocenters. The molecule has 0 bridgehead atoms. The van der Waals surface area contributed by atoms with Crippen molar-refractivity contribution in [1.82, 2.24) is 0 Å². The molecule has 2 N–H and O–H groups in total. The molecule has 0 atom stereocenters. The standard InChI is InChI=1S/C17H14ClN3O6/c1-10(22)19-13-5-2-11(3-6-13)17(24)27-9-16(23)20-14-7-4-12(18)8-15(14)21(25)26/h2-8H,9H2,1H3,(H,19,22)(H,20,23). The van der Waals surface area contributed by atoms with E-state index in [1.807, 2.05) is 0 Å². The third-order valence-electron chi connectivity index (χ3n) is 3.21. The van der Waals surface area contributed by atoms with Gasteiger partial charge in [-0.25, -0.2) is 4.79 Å². The molecular weight excluding hydrogens is 378 g/mol. The van der Waals surface area contributed by atoms with Gasteiger partial charge < -0.3 is 15.4 Å². The van der Waals surface area contributed by atoms with Crippen molar-refractivity contribution in [3.05, 3.63) is 63.2 Å². The van der Waals surface area contributed by atoms with Gasteiger partial charge in [-0.2, -0.15) is 0 Å². The first-order chi connectivity index (χ1) is 12.8. The molecule has 0 heterocycles. The highest BCUT2D eigenvalue weighted by Gasteiger charge is 2.17. The predicted octanol–water partition coefficient (Wildman–Crippen LogP) is 3.00. The van der Waals surface area contributed by atoms with Crippen molar-refractivity contribution < 1.29 is 24.0 Å². The van der Waals surface area contributed by atoms with Crippen LogP contribution in [-0.4, -0.2) is 29.3 Å². The minimum absolute atomic E-state index is 0.0647. The minimum Gasteiger partial charge on any atom is -0.452 e. The second-order valence-corrected chi connectivity index (χ2v) is 5.74. The molecule has 0 fully saturated rings. The Balaban J connectivity index is 1.94. The van der Waals surface area contributed by atoms with Crippen molar-refractivity contribution >= 4 is 46.4 Å². The van der Waals surface area contributed by atoms with Gasteiger partial charge in [-0.15, -0.1) is 0 Å². The second kappa shape index (κ2) is 8.77. The van der Waals surface area contributed by atoms with E-state index in [9.17, 15) is 24.5 Å². The first kappa shape index (κ1) is 19.9. The van der Waals surface area contributed by atoms with Crippen LogP contribution in [0, 0.1) is 10.1 Å². The number of rotatable bonds is 6. The van der Waals surface area contributed by atoms with Crippen molar-refractivity contribution in [3.8, 4) is 0 Å². The normalized spacial score (nSPS) is 10.0. The van der Waals surface area contributed by atoms with Gasteiger partial charge in [0.15, 0.2) is 6.61 Å². The van der Waals surface area contributed by atoms with Gasteiger partial charge in [-0.1, -0.05) is 11.6 Å². The van der Waals surface area contributed by atoms with Crippen LogP contribution in [0.5, 0.6) is 0 Å². The van der Waals surface area contributed by atoms with Crippen molar-refractivity contribution in [2.45, 2.75) is 6.92 Å². The van der Waals surface area contributed by atoms with Gasteiger partial charge in [0.2, 0.25) is 5.91 Å². The molecule has 2 rings (SSSR count). The zero-order valence-electron chi connectivity index (χ0n) is 14.0. The molecule has 2 amide bonds. The SMILES string of the molecule is CC(=O)Nc1ccc(C(=O)OCC(=O)Nc2ccc(Cl)cc2[N+](=O)[O-])cc1. The van der Waals surface area contributed by atoms with Gasteiger partial charge in [0, 0.05) is 23.7 Å². The molecule has 0 saturated carbocycles. The second-order valence-electron chi connectivity index (χ2n) is 5.30. The lowest BCUT2D eigenvalue weighted by Gasteiger charge is -2.08. The first-order valence-corrected chi connectivity index (χ1v) is 7.92. The van der Waals surface area contributed by atoms with E-state index in [0.29, 0.717) is 5.69 Å². The van der Waals surface area contributed by atoms with E-state index in [4.69, 9.17) is 16.3 Å². The maximum Gasteiger partial charge on any atom is 0.338 e. The Morgan fingerprint density at radius 3 is 2.37 bits per heavy atom. The maximum atomic E-state index is 11.9. The molecule has 0 aliphatic rings. The van der Waals surface area contributed by atoms with Gasteiger partial charge in [-0.05, 0) is 36.4 Å². The number of carbonyl (C=O) groups excluding carboxylic acids is 3. The zero-order chi connectivity index (χ0) is 20.0. The number of carbonyl (C=O) groups is 3. The predicted molar refractivity (Wildman–Crippen MR) is 97.8 cm³/mol. The molecule has 2 aromatic carbocycles. The number of benzene rings is 2. The highest BCUT2D eigenvalue weighted by molar-refractivity contribution is 6.31. The topological polar surface area (TPSA) is 128 Å². The molecule has 0 aliphatic carbocycles. The smallest absolute Gasteiger partial charge is 0.338 e. The van der Waals surface area contributed by atoms with E-state index in [1.165, 1.54) is 43.3 Å². The van der Waals surface area contributed by atoms with Crippen LogP contribution >= 0.6 is 11.6 Å². The molecule has 0 aromatic heterocycles. The number of hydrogen-bond acceptors (Lipinski definition) is 6. The van der Waals surface area contributed by atoms with Crippen molar-refractivity contribution in [3.63, 3.8) is 0 Å². The number of nitro groups is 1. The summed E-state index contributed by atoms with van der Waals surface area (Å²) in [7, 11) is 0. The number of halogens is 1. The molecule has 0 saturated heterocycles. The van der Waals surface area contributed by atoms with Gasteiger partial charge in [0.1, 0.15) is 5.69 Å². The fourth-order valence-electron chi connectivity index (χ4n) is 2.06. The van der Waals surface area contributed by atoms with Crippen LogP contribution in [0.15, 0.2) is 42.5 Å². The van der Waals surface area contributed by atoms with Crippen LogP contribution in [0.2, 0.25) is 5.02 Å². The van der Waals surface area contributed by atoms with E-state index in [0.717, 1.165) is 6.07 Å². The average Bonchev–Trinajstić information content (AvgIpc) is 2.61. The molecule has 0 spiro atoms. The monoisotopic (exact) mass is 391 g/mol. The fraction of sp³-hybridized carbons (Fsp3) is 0.118. The van der Waals surface area contributed by atoms with E-state index >= 15 is 0 Å². The number of nitro benzene ring substituents is 1. The molecule has 0 radical (unpaired) electrons. The van der Waals surface area contributed by atoms with E-state index in [-0.39, 0.29) is 27.9 Å². The Morgan fingerprint density at radius 2 is 1.78 bits per heavy atom. The molecule has 27 heavy (non-hydrogen) atoms. The molecular formula is C17H14ClN3O6. The highest BCUT2D eigenvalue weighted by atomic mass is 35.5. The van der Waals surface area contributed by atoms with Crippen molar-refractivity contribution in [1.29, 1.82) is 0 Å². The third-order valence-corrected chi connectivity index (χ3v) is 3.44. The van der Waals surface area contributed by atoms with E-state index in [1.54, 1.807) is 0 Å². The molecule has 140 valence electrons. The van der Waals surface area contributed by atoms with Crippen LogP contribution in [0.1, 0.15) is 17.3 Å². The highest BCUT2D eigenvalue weighted by Crippen LogP contribution is 2.27. The van der Waals surface area contributed by atoms with Gasteiger partial charge in [0.05, 0.1) is 10.5 Å². The Hall–Kier alpha value is -3.46. The largest absolute Gasteiger partial charge is 0.452 e. The van der Waals surface area contributed by atoms with Crippen LogP contribution in [0.3, 0.4) is 0 Å². The lowest BCUT2D eigenvalue weighted by Crippen LogP contribution is -2.21. The fourth-order valence-corrected chi connectivity index (χ4v) is 2.22. The molecule has 2 aromatic rings. The molecule has 10 heteroatoms. The quantitative estimate of drug-likeness (QED) is 0.442. The lowest BCUT2D eigenvalue weighted by atomic mass is 10.2. The van der Waals surface area contributed by atoms with Crippen molar-refractivity contribution in [2.75, 3.05) is 17.2 Å². The Kier molecular flexibility index (Phi) is 6.45. The summed E-state index contributed by atoms with van der Waals surface area (Å²) in [6.45, 7) is 0.720. The summed E-state index contributed by atoms with van der Waals surface area (Å²) < 4.78 is 4.87. The van der Waals surface area contributed by atoms with E-state index < -0.39 is 23.4 Å². The number of nitrogens with zero attached hydrogens (tertiary/aromatic N) is 1. The Labute approximate surface area is 158 Å². The summed E-state index contributed by atoms with van der Waals surface area (Å²) >= 11 is 5.70. The lowest BCUT2D eigenvalue weighted by molar-refractivity contribution is -0.383. The summed E-state index contributed by atoms with van der Waals surface area (Å²) in [6.07, 6.45) is 0. The third kappa shape index (κ3) is 5.79. The number of nitrogens with one attached hydrogen (secondary N) is 2.